The molecule has 0 bridgehead atoms. The van der Waals surface area contributed by atoms with Gasteiger partial charge >= 0.3 is 0 Å². The molecule has 0 saturated heterocycles. The lowest BCUT2D eigenvalue weighted by Crippen LogP contribution is -2.11. The molecule has 88 valence electrons. The fourth-order valence-corrected chi connectivity index (χ4v) is 1.87. The van der Waals surface area contributed by atoms with Crippen LogP contribution in [0.4, 0.5) is 0 Å². The van der Waals surface area contributed by atoms with Gasteiger partial charge in [0, 0.05) is 10.9 Å². The van der Waals surface area contributed by atoms with Crippen LogP contribution in [0.25, 0.3) is 0 Å². The molecule has 1 amide bonds. The Morgan fingerprint density at radius 2 is 1.88 bits per heavy atom. The summed E-state index contributed by atoms with van der Waals surface area (Å²) in [5.74, 6) is 0.976. The van der Waals surface area contributed by atoms with Crippen LogP contribution in [0.3, 0.4) is 0 Å². The highest BCUT2D eigenvalue weighted by Gasteiger charge is 2.10. The van der Waals surface area contributed by atoms with E-state index in [1.807, 2.05) is 12.1 Å². The molecule has 0 unspecified atom stereocenters. The van der Waals surface area contributed by atoms with Crippen molar-refractivity contribution in [2.45, 2.75) is 12.8 Å². The molecular weight excluding hydrogens is 274 g/mol. The summed E-state index contributed by atoms with van der Waals surface area (Å²) in [6, 6.07) is 3.65. The van der Waals surface area contributed by atoms with Crippen LogP contribution < -0.4 is 15.2 Å². The van der Waals surface area contributed by atoms with Gasteiger partial charge in [-0.3, -0.25) is 4.79 Å². The first-order valence-corrected chi connectivity index (χ1v) is 5.56. The minimum Gasteiger partial charge on any atom is -0.493 e. The van der Waals surface area contributed by atoms with Crippen LogP contribution in [0.15, 0.2) is 16.6 Å². The van der Waals surface area contributed by atoms with E-state index in [4.69, 9.17) is 15.2 Å². The largest absolute Gasteiger partial charge is 0.493 e. The lowest BCUT2D eigenvalue weighted by Gasteiger charge is -2.11. The van der Waals surface area contributed by atoms with Crippen LogP contribution in [0.5, 0.6) is 11.5 Å². The standard InChI is InChI=1S/C11H14BrNO3/c1-15-9-5-7(3-4-11(13)14)8(12)6-10(9)16-2/h5-6H,3-4H2,1-2H3,(H2,13,14). The quantitative estimate of drug-likeness (QED) is 0.900. The molecular formula is C11H14BrNO3. The fraction of sp³-hybridized carbons (Fsp3) is 0.364. The summed E-state index contributed by atoms with van der Waals surface area (Å²) in [5.41, 5.74) is 6.08. The van der Waals surface area contributed by atoms with Crippen molar-refractivity contribution in [3.8, 4) is 11.5 Å². The molecule has 5 heteroatoms. The van der Waals surface area contributed by atoms with Crippen molar-refractivity contribution < 1.29 is 14.3 Å². The number of nitrogens with two attached hydrogens (primary N) is 1. The summed E-state index contributed by atoms with van der Waals surface area (Å²) >= 11 is 3.41. The summed E-state index contributed by atoms with van der Waals surface area (Å²) in [4.78, 5) is 10.7. The van der Waals surface area contributed by atoms with Gasteiger partial charge in [0.05, 0.1) is 14.2 Å². The van der Waals surface area contributed by atoms with Gasteiger partial charge in [-0.15, -0.1) is 0 Å². The maximum atomic E-state index is 10.7. The van der Waals surface area contributed by atoms with Gasteiger partial charge in [0.1, 0.15) is 0 Å². The van der Waals surface area contributed by atoms with E-state index in [1.165, 1.54) is 0 Å². The Morgan fingerprint density at radius 3 is 2.38 bits per heavy atom. The molecule has 4 nitrogen and oxygen atoms in total. The topological polar surface area (TPSA) is 61.5 Å². The second-order valence-electron chi connectivity index (χ2n) is 3.26. The van der Waals surface area contributed by atoms with Crippen molar-refractivity contribution >= 4 is 21.8 Å². The van der Waals surface area contributed by atoms with Gasteiger partial charge in [-0.1, -0.05) is 15.9 Å². The summed E-state index contributed by atoms with van der Waals surface area (Å²) in [5, 5.41) is 0. The molecule has 0 atom stereocenters. The Kier molecular flexibility index (Phi) is 4.61. The third kappa shape index (κ3) is 3.13. The van der Waals surface area contributed by atoms with E-state index in [9.17, 15) is 4.79 Å². The van der Waals surface area contributed by atoms with Crippen LogP contribution in [-0.2, 0) is 11.2 Å². The monoisotopic (exact) mass is 287 g/mol. The Hall–Kier alpha value is -1.23. The molecule has 0 aromatic heterocycles. The lowest BCUT2D eigenvalue weighted by atomic mass is 10.1. The van der Waals surface area contributed by atoms with Gasteiger partial charge in [0.25, 0.3) is 0 Å². The van der Waals surface area contributed by atoms with Crippen molar-refractivity contribution in [2.24, 2.45) is 5.73 Å². The van der Waals surface area contributed by atoms with E-state index in [1.54, 1.807) is 14.2 Å². The smallest absolute Gasteiger partial charge is 0.217 e. The van der Waals surface area contributed by atoms with Gasteiger partial charge in [-0.25, -0.2) is 0 Å². The van der Waals surface area contributed by atoms with Gasteiger partial charge in [-0.05, 0) is 24.1 Å². The first kappa shape index (κ1) is 12.8. The number of carbonyl (C=O) groups excluding carboxylic acids is 1. The first-order chi connectivity index (χ1) is 7.58. The fourth-order valence-electron chi connectivity index (χ4n) is 1.35. The normalized spacial score (nSPS) is 9.94. The summed E-state index contributed by atoms with van der Waals surface area (Å²) in [7, 11) is 3.15. The SMILES string of the molecule is COc1cc(Br)c(CCC(N)=O)cc1OC. The minimum atomic E-state index is -0.318. The highest BCUT2D eigenvalue weighted by Crippen LogP contribution is 2.33. The molecule has 0 saturated carbocycles. The minimum absolute atomic E-state index is 0.314. The van der Waals surface area contributed by atoms with Crippen LogP contribution in [0.1, 0.15) is 12.0 Å². The first-order valence-electron chi connectivity index (χ1n) is 4.77. The van der Waals surface area contributed by atoms with Gasteiger partial charge < -0.3 is 15.2 Å². The number of ether oxygens (including phenoxy) is 2. The van der Waals surface area contributed by atoms with Gasteiger partial charge in [-0.2, -0.15) is 0 Å². The molecule has 2 N–H and O–H groups in total. The molecule has 1 aromatic carbocycles. The zero-order valence-electron chi connectivity index (χ0n) is 9.25. The van der Waals surface area contributed by atoms with E-state index in [-0.39, 0.29) is 5.91 Å². The lowest BCUT2D eigenvalue weighted by molar-refractivity contribution is -0.117. The maximum Gasteiger partial charge on any atom is 0.217 e. The van der Waals surface area contributed by atoms with E-state index in [0.29, 0.717) is 24.3 Å². The Balaban J connectivity index is 2.96. The zero-order chi connectivity index (χ0) is 12.1. The second-order valence-corrected chi connectivity index (χ2v) is 4.12. The van der Waals surface area contributed by atoms with E-state index in [2.05, 4.69) is 15.9 Å². The molecule has 0 aliphatic rings. The maximum absolute atomic E-state index is 10.7. The number of amides is 1. The average Bonchev–Trinajstić information content (AvgIpc) is 2.26. The van der Waals surface area contributed by atoms with Gasteiger partial charge in [0.15, 0.2) is 11.5 Å². The number of halogens is 1. The predicted octanol–water partition coefficient (Wildman–Crippen LogP) is 1.88. The highest BCUT2D eigenvalue weighted by atomic mass is 79.9. The average molecular weight is 288 g/mol. The number of aryl methyl sites for hydroxylation is 1. The van der Waals surface area contributed by atoms with Crippen molar-refractivity contribution in [1.29, 1.82) is 0 Å². The molecule has 0 aliphatic carbocycles. The highest BCUT2D eigenvalue weighted by molar-refractivity contribution is 9.10. The molecule has 0 spiro atoms. The summed E-state index contributed by atoms with van der Waals surface area (Å²) < 4.78 is 11.2. The molecule has 1 aromatic rings. The Labute approximate surface area is 103 Å². The van der Waals surface area contributed by atoms with Crippen molar-refractivity contribution in [2.75, 3.05) is 14.2 Å². The number of benzene rings is 1. The van der Waals surface area contributed by atoms with E-state index in [0.717, 1.165) is 10.0 Å². The Bertz CT molecular complexity index is 393. The third-order valence-corrected chi connectivity index (χ3v) is 2.93. The van der Waals surface area contributed by atoms with Crippen LogP contribution in [0, 0.1) is 0 Å². The van der Waals surface area contributed by atoms with Crippen molar-refractivity contribution in [1.82, 2.24) is 0 Å². The second kappa shape index (κ2) is 5.75. The number of methoxy groups -OCH3 is 2. The molecule has 0 aliphatic heterocycles. The van der Waals surface area contributed by atoms with E-state index < -0.39 is 0 Å². The third-order valence-electron chi connectivity index (χ3n) is 2.19. The van der Waals surface area contributed by atoms with Crippen LogP contribution in [0.2, 0.25) is 0 Å². The summed E-state index contributed by atoms with van der Waals surface area (Å²) in [6.45, 7) is 0. The molecule has 0 radical (unpaired) electrons. The molecule has 16 heavy (non-hydrogen) atoms. The van der Waals surface area contributed by atoms with Gasteiger partial charge in [0.2, 0.25) is 5.91 Å². The number of hydrogen-bond donors (Lipinski definition) is 1. The molecule has 1 rings (SSSR count). The van der Waals surface area contributed by atoms with Crippen molar-refractivity contribution in [3.05, 3.63) is 22.2 Å². The molecule has 0 fully saturated rings. The van der Waals surface area contributed by atoms with Crippen molar-refractivity contribution in [3.63, 3.8) is 0 Å². The van der Waals surface area contributed by atoms with Crippen LogP contribution in [-0.4, -0.2) is 20.1 Å². The summed E-state index contributed by atoms with van der Waals surface area (Å²) in [6.07, 6.45) is 0.893. The molecule has 0 heterocycles. The number of hydrogen-bond acceptors (Lipinski definition) is 3. The van der Waals surface area contributed by atoms with E-state index >= 15 is 0 Å². The predicted molar refractivity (Wildman–Crippen MR) is 64.8 cm³/mol. The number of primary amides is 1. The van der Waals surface area contributed by atoms with Crippen LogP contribution >= 0.6 is 15.9 Å². The number of carbonyl (C=O) groups is 1. The number of rotatable bonds is 5. The Morgan fingerprint density at radius 1 is 1.31 bits per heavy atom. The zero-order valence-corrected chi connectivity index (χ0v) is 10.8.